The van der Waals surface area contributed by atoms with Gasteiger partial charge in [-0.15, -0.1) is 0 Å². The minimum Gasteiger partial charge on any atom is -0.371 e. The van der Waals surface area contributed by atoms with Crippen molar-refractivity contribution in [3.05, 3.63) is 17.5 Å². The minimum atomic E-state index is -0.466. The molecule has 13 heavy (non-hydrogen) atoms. The highest BCUT2D eigenvalue weighted by Crippen LogP contribution is 2.22. The summed E-state index contributed by atoms with van der Waals surface area (Å²) in [6, 6.07) is 2.00. The average Bonchev–Trinajstić information content (AvgIpc) is 2.46. The molecule has 0 fully saturated rings. The molecule has 1 aromatic heterocycles. The fraction of sp³-hybridized carbons (Fsp3) is 0.667. The smallest absolute Gasteiger partial charge is 0.121 e. The summed E-state index contributed by atoms with van der Waals surface area (Å²) in [6.07, 6.45) is 0. The lowest BCUT2D eigenvalue weighted by Crippen LogP contribution is -2.34. The predicted molar refractivity (Wildman–Crippen MR) is 51.4 cm³/mol. The Hall–Kier alpha value is -0.870. The molecular formula is C9H17N3O. The predicted octanol–water partition coefficient (Wildman–Crippen LogP) is 0.549. The van der Waals surface area contributed by atoms with E-state index in [1.807, 2.05) is 31.6 Å². The van der Waals surface area contributed by atoms with Crippen molar-refractivity contribution in [2.45, 2.75) is 19.4 Å². The lowest BCUT2D eigenvalue weighted by Gasteiger charge is -2.23. The van der Waals surface area contributed by atoms with Gasteiger partial charge in [0.15, 0.2) is 0 Å². The standard InChI is InChI=1S/C9H17N3O/c1-7-5-8(11-12(7)3)9(2,6-10)13-4/h5H,6,10H2,1-4H3. The number of hydrogen-bond acceptors (Lipinski definition) is 3. The van der Waals surface area contributed by atoms with Crippen LogP contribution in [0.2, 0.25) is 0 Å². The highest BCUT2D eigenvalue weighted by Gasteiger charge is 2.27. The molecule has 0 aliphatic carbocycles. The van der Waals surface area contributed by atoms with E-state index >= 15 is 0 Å². The molecule has 4 heteroatoms. The van der Waals surface area contributed by atoms with Crippen LogP contribution < -0.4 is 5.73 Å². The van der Waals surface area contributed by atoms with Crippen molar-refractivity contribution in [1.29, 1.82) is 0 Å². The second kappa shape index (κ2) is 3.47. The summed E-state index contributed by atoms with van der Waals surface area (Å²) < 4.78 is 7.16. The summed E-state index contributed by atoms with van der Waals surface area (Å²) in [7, 11) is 3.56. The van der Waals surface area contributed by atoms with E-state index < -0.39 is 5.60 Å². The van der Waals surface area contributed by atoms with Crippen molar-refractivity contribution >= 4 is 0 Å². The number of ether oxygens (including phenoxy) is 1. The normalized spacial score (nSPS) is 15.8. The van der Waals surface area contributed by atoms with E-state index in [2.05, 4.69) is 5.10 Å². The van der Waals surface area contributed by atoms with Gasteiger partial charge in [0.2, 0.25) is 0 Å². The third-order valence-electron chi connectivity index (χ3n) is 2.50. The Labute approximate surface area is 78.7 Å². The van der Waals surface area contributed by atoms with Crippen molar-refractivity contribution in [2.75, 3.05) is 13.7 Å². The molecular weight excluding hydrogens is 166 g/mol. The number of nitrogens with two attached hydrogens (primary N) is 1. The number of nitrogens with zero attached hydrogens (tertiary/aromatic N) is 2. The highest BCUT2D eigenvalue weighted by atomic mass is 16.5. The first-order chi connectivity index (χ1) is 6.03. The van der Waals surface area contributed by atoms with Gasteiger partial charge in [0.25, 0.3) is 0 Å². The Balaban J connectivity index is 3.05. The lowest BCUT2D eigenvalue weighted by molar-refractivity contribution is 0.00599. The Kier molecular flexibility index (Phi) is 2.73. The minimum absolute atomic E-state index is 0.431. The van der Waals surface area contributed by atoms with Gasteiger partial charge >= 0.3 is 0 Å². The zero-order valence-electron chi connectivity index (χ0n) is 8.66. The van der Waals surface area contributed by atoms with Crippen LogP contribution in [-0.2, 0) is 17.4 Å². The third kappa shape index (κ3) is 1.73. The molecule has 0 spiro atoms. The summed E-state index contributed by atoms with van der Waals surface area (Å²) in [5, 5.41) is 4.34. The lowest BCUT2D eigenvalue weighted by atomic mass is 10.0. The maximum absolute atomic E-state index is 5.63. The molecule has 0 radical (unpaired) electrons. The summed E-state index contributed by atoms with van der Waals surface area (Å²) in [5.41, 5.74) is 7.16. The van der Waals surface area contributed by atoms with Crippen LogP contribution >= 0.6 is 0 Å². The van der Waals surface area contributed by atoms with Gasteiger partial charge in [-0.3, -0.25) is 4.68 Å². The van der Waals surface area contributed by atoms with Crippen molar-refractivity contribution in [1.82, 2.24) is 9.78 Å². The zero-order chi connectivity index (χ0) is 10.1. The Morgan fingerprint density at radius 1 is 1.69 bits per heavy atom. The van der Waals surface area contributed by atoms with Crippen LogP contribution in [0, 0.1) is 6.92 Å². The van der Waals surface area contributed by atoms with Crippen LogP contribution in [0.5, 0.6) is 0 Å². The highest BCUT2D eigenvalue weighted by molar-refractivity contribution is 5.16. The largest absolute Gasteiger partial charge is 0.371 e. The van der Waals surface area contributed by atoms with Crippen LogP contribution in [0.1, 0.15) is 18.3 Å². The van der Waals surface area contributed by atoms with Gasteiger partial charge < -0.3 is 10.5 Å². The Bertz CT molecular complexity index is 270. The average molecular weight is 183 g/mol. The molecule has 0 aromatic carbocycles. The number of rotatable bonds is 3. The van der Waals surface area contributed by atoms with Crippen LogP contribution in [0.25, 0.3) is 0 Å². The molecule has 0 saturated heterocycles. The van der Waals surface area contributed by atoms with Crippen LogP contribution in [-0.4, -0.2) is 23.4 Å². The van der Waals surface area contributed by atoms with Crippen LogP contribution in [0.3, 0.4) is 0 Å². The van der Waals surface area contributed by atoms with E-state index in [4.69, 9.17) is 10.5 Å². The SMILES string of the molecule is COC(C)(CN)c1cc(C)n(C)n1. The van der Waals surface area contributed by atoms with Crippen molar-refractivity contribution in [3.63, 3.8) is 0 Å². The van der Waals surface area contributed by atoms with Gasteiger partial charge in [-0.05, 0) is 19.9 Å². The fourth-order valence-corrected chi connectivity index (χ4v) is 1.11. The molecule has 1 unspecified atom stereocenters. The molecule has 0 aliphatic heterocycles. The molecule has 0 saturated carbocycles. The third-order valence-corrected chi connectivity index (χ3v) is 2.50. The Morgan fingerprint density at radius 2 is 2.31 bits per heavy atom. The first kappa shape index (κ1) is 10.2. The molecule has 0 amide bonds. The molecule has 1 atom stereocenters. The molecule has 4 nitrogen and oxygen atoms in total. The van der Waals surface area contributed by atoms with Crippen molar-refractivity contribution in [3.8, 4) is 0 Å². The quantitative estimate of drug-likeness (QED) is 0.744. The summed E-state index contributed by atoms with van der Waals surface area (Å²) in [5.74, 6) is 0. The van der Waals surface area contributed by atoms with Gasteiger partial charge in [0, 0.05) is 26.4 Å². The number of hydrogen-bond donors (Lipinski definition) is 1. The molecule has 1 rings (SSSR count). The maximum atomic E-state index is 5.63. The molecule has 0 aliphatic rings. The van der Waals surface area contributed by atoms with Crippen LogP contribution in [0.4, 0.5) is 0 Å². The van der Waals surface area contributed by atoms with Gasteiger partial charge in [-0.2, -0.15) is 5.10 Å². The van der Waals surface area contributed by atoms with Gasteiger partial charge in [0.1, 0.15) is 5.60 Å². The van der Waals surface area contributed by atoms with Crippen LogP contribution in [0.15, 0.2) is 6.07 Å². The molecule has 2 N–H and O–H groups in total. The van der Waals surface area contributed by atoms with Gasteiger partial charge in [-0.1, -0.05) is 0 Å². The second-order valence-electron chi connectivity index (χ2n) is 3.43. The summed E-state index contributed by atoms with van der Waals surface area (Å²) >= 11 is 0. The second-order valence-corrected chi connectivity index (χ2v) is 3.43. The van der Waals surface area contributed by atoms with E-state index in [-0.39, 0.29) is 0 Å². The first-order valence-corrected chi connectivity index (χ1v) is 4.30. The summed E-state index contributed by atoms with van der Waals surface area (Å²) in [4.78, 5) is 0. The van der Waals surface area contributed by atoms with Gasteiger partial charge in [-0.25, -0.2) is 0 Å². The zero-order valence-corrected chi connectivity index (χ0v) is 8.66. The monoisotopic (exact) mass is 183 g/mol. The topological polar surface area (TPSA) is 53.1 Å². The number of methoxy groups -OCH3 is 1. The van der Waals surface area contributed by atoms with E-state index in [0.717, 1.165) is 11.4 Å². The van der Waals surface area contributed by atoms with E-state index in [0.29, 0.717) is 6.54 Å². The number of aryl methyl sites for hydroxylation is 2. The molecule has 1 aromatic rings. The first-order valence-electron chi connectivity index (χ1n) is 4.30. The van der Waals surface area contributed by atoms with E-state index in [1.165, 1.54) is 0 Å². The molecule has 1 heterocycles. The van der Waals surface area contributed by atoms with Gasteiger partial charge in [0.05, 0.1) is 5.69 Å². The molecule has 74 valence electrons. The Morgan fingerprint density at radius 3 is 2.62 bits per heavy atom. The summed E-state index contributed by atoms with van der Waals surface area (Å²) in [6.45, 7) is 4.37. The van der Waals surface area contributed by atoms with E-state index in [1.54, 1.807) is 7.11 Å². The fourth-order valence-electron chi connectivity index (χ4n) is 1.11. The van der Waals surface area contributed by atoms with Crippen molar-refractivity contribution in [2.24, 2.45) is 12.8 Å². The van der Waals surface area contributed by atoms with E-state index in [9.17, 15) is 0 Å². The van der Waals surface area contributed by atoms with Crippen molar-refractivity contribution < 1.29 is 4.74 Å². The molecule has 0 bridgehead atoms. The maximum Gasteiger partial charge on any atom is 0.121 e. The number of aromatic nitrogens is 2.